The lowest BCUT2D eigenvalue weighted by Gasteiger charge is -2.13. The number of nitrogens with zero attached hydrogens (tertiary/aromatic N) is 2. The molecule has 0 amide bonds. The van der Waals surface area contributed by atoms with Gasteiger partial charge in [0.15, 0.2) is 5.96 Å². The van der Waals surface area contributed by atoms with Crippen molar-refractivity contribution in [2.24, 2.45) is 4.99 Å². The van der Waals surface area contributed by atoms with Crippen molar-refractivity contribution in [2.75, 3.05) is 13.1 Å². The van der Waals surface area contributed by atoms with Crippen LogP contribution in [0.25, 0.3) is 0 Å². The van der Waals surface area contributed by atoms with E-state index in [1.54, 1.807) is 11.3 Å². The first-order valence-corrected chi connectivity index (χ1v) is 9.48. The lowest BCUT2D eigenvalue weighted by molar-refractivity contribution is 0.583. The van der Waals surface area contributed by atoms with Gasteiger partial charge < -0.3 is 10.6 Å². The molecule has 26 heavy (non-hydrogen) atoms. The lowest BCUT2D eigenvalue weighted by atomic mass is 9.98. The fourth-order valence-corrected chi connectivity index (χ4v) is 3.10. The van der Waals surface area contributed by atoms with Gasteiger partial charge in [-0.3, -0.25) is 0 Å². The molecule has 0 bridgehead atoms. The third-order valence-corrected chi connectivity index (χ3v) is 4.87. The van der Waals surface area contributed by atoms with Gasteiger partial charge in [0.25, 0.3) is 0 Å². The summed E-state index contributed by atoms with van der Waals surface area (Å²) in [6.45, 7) is 10.6. The number of aromatic nitrogens is 1. The van der Waals surface area contributed by atoms with Crippen LogP contribution in [0.2, 0.25) is 0 Å². The van der Waals surface area contributed by atoms with Crippen molar-refractivity contribution in [3.8, 4) is 0 Å². The number of rotatable bonds is 6. The number of hydrogen-bond donors (Lipinski definition) is 2. The largest absolute Gasteiger partial charge is 0.357 e. The third kappa shape index (κ3) is 7.57. The van der Waals surface area contributed by atoms with Crippen LogP contribution in [0.5, 0.6) is 0 Å². The van der Waals surface area contributed by atoms with Crippen LogP contribution >= 0.6 is 35.3 Å². The molecule has 0 aliphatic rings. The van der Waals surface area contributed by atoms with Crippen molar-refractivity contribution in [3.63, 3.8) is 0 Å². The molecule has 0 saturated heterocycles. The Bertz CT molecular complexity index is 692. The van der Waals surface area contributed by atoms with Gasteiger partial charge in [-0.25, -0.2) is 14.4 Å². The van der Waals surface area contributed by atoms with E-state index < -0.39 is 0 Å². The Morgan fingerprint density at radius 1 is 1.19 bits per heavy atom. The van der Waals surface area contributed by atoms with Crippen molar-refractivity contribution in [1.29, 1.82) is 0 Å². The maximum absolute atomic E-state index is 12.9. The van der Waals surface area contributed by atoms with Gasteiger partial charge in [-0.15, -0.1) is 35.3 Å². The summed E-state index contributed by atoms with van der Waals surface area (Å²) in [5.74, 6) is 0.569. The fourth-order valence-electron chi connectivity index (χ4n) is 2.20. The summed E-state index contributed by atoms with van der Waals surface area (Å²) in [5.41, 5.74) is 2.16. The van der Waals surface area contributed by atoms with Crippen molar-refractivity contribution in [2.45, 2.75) is 46.1 Å². The Hall–Kier alpha value is -1.22. The van der Waals surface area contributed by atoms with E-state index in [0.717, 1.165) is 41.7 Å². The number of halogens is 2. The zero-order valence-electron chi connectivity index (χ0n) is 15.8. The molecule has 2 rings (SSSR count). The Labute approximate surface area is 176 Å². The minimum atomic E-state index is -0.204. The molecule has 0 saturated carbocycles. The Morgan fingerprint density at radius 2 is 1.88 bits per heavy atom. The molecule has 2 aromatic rings. The second-order valence-corrected chi connectivity index (χ2v) is 7.75. The van der Waals surface area contributed by atoms with Crippen LogP contribution in [0.4, 0.5) is 4.39 Å². The van der Waals surface area contributed by atoms with Gasteiger partial charge in [-0.2, -0.15) is 0 Å². The molecule has 0 radical (unpaired) electrons. The first kappa shape index (κ1) is 22.8. The standard InChI is InChI=1S/C19H27FN4S.HI/c1-5-21-18(22-11-10-14-6-8-15(20)9-7-14)23-12-16-13-25-17(24-16)19(2,3)4;/h6-9,13H,5,10-12H2,1-4H3,(H2,21,22,23);1H. The number of nitrogens with one attached hydrogen (secondary N) is 2. The van der Waals surface area contributed by atoms with Gasteiger partial charge in [-0.05, 0) is 31.0 Å². The monoisotopic (exact) mass is 490 g/mol. The van der Waals surface area contributed by atoms with Crippen molar-refractivity contribution < 1.29 is 4.39 Å². The number of benzene rings is 1. The van der Waals surface area contributed by atoms with Crippen molar-refractivity contribution >= 4 is 41.3 Å². The number of aliphatic imine (C=N–C) groups is 1. The van der Waals surface area contributed by atoms with E-state index in [2.05, 4.69) is 46.8 Å². The van der Waals surface area contributed by atoms with Crippen LogP contribution in [0.3, 0.4) is 0 Å². The van der Waals surface area contributed by atoms with Crippen LogP contribution in [-0.4, -0.2) is 24.0 Å². The van der Waals surface area contributed by atoms with E-state index in [-0.39, 0.29) is 35.2 Å². The molecule has 7 heteroatoms. The highest BCUT2D eigenvalue weighted by Gasteiger charge is 2.17. The van der Waals surface area contributed by atoms with E-state index in [1.807, 2.05) is 19.1 Å². The molecule has 0 atom stereocenters. The highest BCUT2D eigenvalue weighted by atomic mass is 127. The Kier molecular flexibility index (Phi) is 9.49. The maximum atomic E-state index is 12.9. The second-order valence-electron chi connectivity index (χ2n) is 6.89. The highest BCUT2D eigenvalue weighted by molar-refractivity contribution is 14.0. The Morgan fingerprint density at radius 3 is 2.46 bits per heavy atom. The molecule has 0 aliphatic carbocycles. The topological polar surface area (TPSA) is 49.3 Å². The molecular formula is C19H28FIN4S. The van der Waals surface area contributed by atoms with Gasteiger partial charge in [-0.1, -0.05) is 32.9 Å². The predicted octanol–water partition coefficient (Wildman–Crippen LogP) is 4.50. The minimum Gasteiger partial charge on any atom is -0.357 e. The average Bonchev–Trinajstić information content (AvgIpc) is 3.04. The quantitative estimate of drug-likeness (QED) is 0.356. The molecule has 1 aromatic carbocycles. The molecule has 0 aliphatic heterocycles. The van der Waals surface area contributed by atoms with Crippen LogP contribution in [0.15, 0.2) is 34.6 Å². The first-order valence-electron chi connectivity index (χ1n) is 8.60. The van der Waals surface area contributed by atoms with Gasteiger partial charge >= 0.3 is 0 Å². The zero-order chi connectivity index (χ0) is 18.3. The van der Waals surface area contributed by atoms with Gasteiger partial charge in [0.2, 0.25) is 0 Å². The zero-order valence-corrected chi connectivity index (χ0v) is 19.0. The predicted molar refractivity (Wildman–Crippen MR) is 119 cm³/mol. The van der Waals surface area contributed by atoms with Crippen LogP contribution in [0.1, 0.15) is 44.0 Å². The summed E-state index contributed by atoms with van der Waals surface area (Å²) in [4.78, 5) is 9.27. The molecule has 1 heterocycles. The molecule has 0 fully saturated rings. The molecule has 0 unspecified atom stereocenters. The normalized spacial score (nSPS) is 11.8. The van der Waals surface area contributed by atoms with Gasteiger partial charge in [0.05, 0.1) is 17.2 Å². The molecular weight excluding hydrogens is 462 g/mol. The summed E-state index contributed by atoms with van der Waals surface area (Å²) in [6.07, 6.45) is 0.815. The second kappa shape index (κ2) is 10.8. The summed E-state index contributed by atoms with van der Waals surface area (Å²) in [7, 11) is 0. The van der Waals surface area contributed by atoms with Crippen LogP contribution in [0, 0.1) is 5.82 Å². The smallest absolute Gasteiger partial charge is 0.191 e. The fraction of sp³-hybridized carbons (Fsp3) is 0.474. The summed E-state index contributed by atoms with van der Waals surface area (Å²) in [6, 6.07) is 6.60. The summed E-state index contributed by atoms with van der Waals surface area (Å²) < 4.78 is 12.9. The minimum absolute atomic E-state index is 0. The van der Waals surface area contributed by atoms with Crippen LogP contribution < -0.4 is 10.6 Å². The molecule has 2 N–H and O–H groups in total. The van der Waals surface area contributed by atoms with E-state index in [9.17, 15) is 4.39 Å². The number of hydrogen-bond acceptors (Lipinski definition) is 3. The molecule has 144 valence electrons. The summed E-state index contributed by atoms with van der Waals surface area (Å²) in [5, 5.41) is 9.76. The number of thiazole rings is 1. The van der Waals surface area contributed by atoms with E-state index in [0.29, 0.717) is 6.54 Å². The van der Waals surface area contributed by atoms with Crippen molar-refractivity contribution in [1.82, 2.24) is 15.6 Å². The van der Waals surface area contributed by atoms with E-state index in [1.165, 1.54) is 12.1 Å². The summed E-state index contributed by atoms with van der Waals surface area (Å²) >= 11 is 1.69. The van der Waals surface area contributed by atoms with E-state index >= 15 is 0 Å². The first-order chi connectivity index (χ1) is 11.9. The maximum Gasteiger partial charge on any atom is 0.191 e. The molecule has 1 aromatic heterocycles. The third-order valence-electron chi connectivity index (χ3n) is 3.56. The van der Waals surface area contributed by atoms with Gasteiger partial charge in [0, 0.05) is 23.9 Å². The number of guanidine groups is 1. The average molecular weight is 490 g/mol. The lowest BCUT2D eigenvalue weighted by Crippen LogP contribution is -2.38. The van der Waals surface area contributed by atoms with E-state index in [4.69, 9.17) is 0 Å². The van der Waals surface area contributed by atoms with Crippen molar-refractivity contribution in [3.05, 3.63) is 51.7 Å². The molecule has 0 spiro atoms. The van der Waals surface area contributed by atoms with Gasteiger partial charge in [0.1, 0.15) is 5.82 Å². The highest BCUT2D eigenvalue weighted by Crippen LogP contribution is 2.25. The molecule has 4 nitrogen and oxygen atoms in total. The SMILES string of the molecule is CCNC(=NCc1csc(C(C)(C)C)n1)NCCc1ccc(F)cc1.I. The Balaban J connectivity index is 0.00000338. The van der Waals surface area contributed by atoms with Crippen LogP contribution in [-0.2, 0) is 18.4 Å².